The van der Waals surface area contributed by atoms with Crippen molar-refractivity contribution < 1.29 is 9.53 Å². The van der Waals surface area contributed by atoms with Gasteiger partial charge >= 0.3 is 0 Å². The lowest BCUT2D eigenvalue weighted by Crippen LogP contribution is -2.24. The van der Waals surface area contributed by atoms with Crippen molar-refractivity contribution in [2.24, 2.45) is 0 Å². The normalized spacial score (nSPS) is 13.6. The third kappa shape index (κ3) is 2.11. The van der Waals surface area contributed by atoms with Crippen molar-refractivity contribution in [1.29, 1.82) is 0 Å². The number of nitrogens with zero attached hydrogens (tertiary/aromatic N) is 2. The number of amides is 1. The molecular formula is C20H22N4O2. The van der Waals surface area contributed by atoms with Gasteiger partial charge in [-0.2, -0.15) is 0 Å². The largest absolute Gasteiger partial charge is 0.496 e. The van der Waals surface area contributed by atoms with Gasteiger partial charge in [-0.05, 0) is 44.4 Å². The number of pyridine rings is 1. The van der Waals surface area contributed by atoms with Crippen LogP contribution >= 0.6 is 0 Å². The summed E-state index contributed by atoms with van der Waals surface area (Å²) in [4.78, 5) is 17.3. The molecule has 3 aromatic rings. The van der Waals surface area contributed by atoms with E-state index < -0.39 is 0 Å². The summed E-state index contributed by atoms with van der Waals surface area (Å²) < 4.78 is 7.44. The molecule has 3 N–H and O–H groups in total. The third-order valence-corrected chi connectivity index (χ3v) is 5.28. The van der Waals surface area contributed by atoms with E-state index in [0.717, 1.165) is 51.1 Å². The van der Waals surface area contributed by atoms with E-state index in [0.29, 0.717) is 17.9 Å². The molecule has 0 saturated heterocycles. The van der Waals surface area contributed by atoms with E-state index in [-0.39, 0.29) is 5.91 Å². The molecule has 0 unspecified atom stereocenters. The highest BCUT2D eigenvalue weighted by Gasteiger charge is 2.28. The number of nitrogens with one attached hydrogen (secondary N) is 1. The molecule has 1 aliphatic heterocycles. The average molecular weight is 350 g/mol. The molecule has 6 nitrogen and oxygen atoms in total. The Bertz CT molecular complexity index is 1070. The minimum absolute atomic E-state index is 0.131. The second-order valence-electron chi connectivity index (χ2n) is 6.74. The van der Waals surface area contributed by atoms with Crippen LogP contribution in [0, 0.1) is 20.8 Å². The maximum atomic E-state index is 12.7. The summed E-state index contributed by atoms with van der Waals surface area (Å²) in [5.74, 6) is 1.09. The molecule has 1 aromatic carbocycles. The summed E-state index contributed by atoms with van der Waals surface area (Å²) in [5, 5.41) is 3.86. The van der Waals surface area contributed by atoms with Gasteiger partial charge in [0.25, 0.3) is 5.91 Å². The topological polar surface area (TPSA) is 82.2 Å². The minimum Gasteiger partial charge on any atom is -0.496 e. The average Bonchev–Trinajstić information content (AvgIpc) is 2.77. The van der Waals surface area contributed by atoms with Gasteiger partial charge in [0.1, 0.15) is 11.6 Å². The number of carbonyl (C=O) groups excluding carboxylic acids is 1. The number of carbonyl (C=O) groups is 1. The Hall–Kier alpha value is -3.02. The Kier molecular flexibility index (Phi) is 3.64. The first-order valence-corrected chi connectivity index (χ1v) is 8.66. The molecule has 0 fully saturated rings. The number of benzene rings is 1. The number of rotatable bonds is 2. The lowest BCUT2D eigenvalue weighted by Gasteiger charge is -2.17. The second kappa shape index (κ2) is 5.76. The summed E-state index contributed by atoms with van der Waals surface area (Å²) in [7, 11) is 1.65. The van der Waals surface area contributed by atoms with Crippen LogP contribution in [0.2, 0.25) is 0 Å². The molecule has 0 aliphatic carbocycles. The maximum Gasteiger partial charge on any atom is 0.255 e. The fraction of sp³-hybridized carbons (Fsp3) is 0.300. The lowest BCUT2D eigenvalue weighted by molar-refractivity contribution is 0.0958. The molecule has 134 valence electrons. The third-order valence-electron chi connectivity index (χ3n) is 5.28. The predicted octanol–water partition coefficient (Wildman–Crippen LogP) is 2.83. The van der Waals surface area contributed by atoms with Crippen molar-refractivity contribution in [1.82, 2.24) is 14.9 Å². The fourth-order valence-electron chi connectivity index (χ4n) is 4.00. The van der Waals surface area contributed by atoms with Crippen molar-refractivity contribution in [3.8, 4) is 11.4 Å². The Morgan fingerprint density at radius 2 is 2.04 bits per heavy atom. The zero-order valence-corrected chi connectivity index (χ0v) is 15.4. The monoisotopic (exact) mass is 350 g/mol. The molecule has 3 heterocycles. The van der Waals surface area contributed by atoms with E-state index in [1.165, 1.54) is 0 Å². The number of anilines is 1. The van der Waals surface area contributed by atoms with Crippen LogP contribution in [0.5, 0.6) is 5.75 Å². The van der Waals surface area contributed by atoms with Gasteiger partial charge in [-0.3, -0.25) is 14.3 Å². The highest BCUT2D eigenvalue weighted by Crippen LogP contribution is 2.38. The van der Waals surface area contributed by atoms with Gasteiger partial charge in [0.05, 0.1) is 30.1 Å². The molecule has 0 radical (unpaired) electrons. The highest BCUT2D eigenvalue weighted by molar-refractivity contribution is 6.14. The molecule has 0 atom stereocenters. The van der Waals surface area contributed by atoms with Crippen molar-refractivity contribution in [2.75, 3.05) is 19.4 Å². The highest BCUT2D eigenvalue weighted by atomic mass is 16.5. The fourth-order valence-corrected chi connectivity index (χ4v) is 4.00. The van der Waals surface area contributed by atoms with Gasteiger partial charge in [0.15, 0.2) is 0 Å². The Morgan fingerprint density at radius 3 is 2.77 bits per heavy atom. The van der Waals surface area contributed by atoms with Crippen LogP contribution in [-0.4, -0.2) is 29.1 Å². The number of hydrogen-bond acceptors (Lipinski definition) is 4. The van der Waals surface area contributed by atoms with Gasteiger partial charge in [0, 0.05) is 23.2 Å². The molecule has 1 amide bonds. The standard InChI is InChI=1S/C20H22N4O2/c1-10-5-6-15(26-4)11(2)18(10)24-14-9-23-12(3)13-7-8-22-20(25)17(16(13)14)19(24)21/h5-6,9H,7-8,21H2,1-4H3,(H,22,25). The quantitative estimate of drug-likeness (QED) is 0.744. The van der Waals surface area contributed by atoms with Crippen molar-refractivity contribution >= 4 is 22.6 Å². The first kappa shape index (κ1) is 16.4. The van der Waals surface area contributed by atoms with Crippen LogP contribution in [0.1, 0.15) is 32.7 Å². The van der Waals surface area contributed by atoms with Crippen LogP contribution in [0.3, 0.4) is 0 Å². The van der Waals surface area contributed by atoms with Crippen molar-refractivity contribution in [3.05, 3.63) is 46.3 Å². The van der Waals surface area contributed by atoms with Crippen LogP contribution in [0.15, 0.2) is 18.3 Å². The van der Waals surface area contributed by atoms with Gasteiger partial charge in [-0.25, -0.2) is 0 Å². The SMILES string of the molecule is COc1ccc(C)c(-n2c(N)c3c4c(c(C)ncc42)CCNC3=O)c1C. The van der Waals surface area contributed by atoms with Crippen molar-refractivity contribution in [2.45, 2.75) is 27.2 Å². The minimum atomic E-state index is -0.131. The molecule has 26 heavy (non-hydrogen) atoms. The molecule has 6 heteroatoms. The zero-order valence-electron chi connectivity index (χ0n) is 15.4. The summed E-state index contributed by atoms with van der Waals surface area (Å²) in [6.07, 6.45) is 2.55. The van der Waals surface area contributed by atoms with E-state index in [2.05, 4.69) is 10.3 Å². The summed E-state index contributed by atoms with van der Waals surface area (Å²) in [5.41, 5.74) is 12.9. The number of aryl methyl sites for hydroxylation is 2. The van der Waals surface area contributed by atoms with E-state index in [9.17, 15) is 4.79 Å². The van der Waals surface area contributed by atoms with Crippen LogP contribution < -0.4 is 15.8 Å². The van der Waals surface area contributed by atoms with Gasteiger partial charge in [0.2, 0.25) is 0 Å². The first-order valence-electron chi connectivity index (χ1n) is 8.66. The van der Waals surface area contributed by atoms with Crippen LogP contribution in [0.25, 0.3) is 16.6 Å². The number of methoxy groups -OCH3 is 1. The smallest absolute Gasteiger partial charge is 0.255 e. The molecule has 0 spiro atoms. The summed E-state index contributed by atoms with van der Waals surface area (Å²) >= 11 is 0. The van der Waals surface area contributed by atoms with E-state index in [1.54, 1.807) is 7.11 Å². The molecular weight excluding hydrogens is 328 g/mol. The molecule has 4 rings (SSSR count). The predicted molar refractivity (Wildman–Crippen MR) is 102 cm³/mol. The number of nitrogens with two attached hydrogens (primary N) is 1. The summed E-state index contributed by atoms with van der Waals surface area (Å²) in [6, 6.07) is 3.95. The second-order valence-corrected chi connectivity index (χ2v) is 6.74. The maximum absolute atomic E-state index is 12.7. The first-order chi connectivity index (χ1) is 12.5. The molecule has 2 aromatic heterocycles. The van der Waals surface area contributed by atoms with Gasteiger partial charge in [-0.15, -0.1) is 0 Å². The zero-order chi connectivity index (χ0) is 18.6. The van der Waals surface area contributed by atoms with Crippen molar-refractivity contribution in [3.63, 3.8) is 0 Å². The molecule has 0 bridgehead atoms. The number of aromatic nitrogens is 2. The van der Waals surface area contributed by atoms with E-state index in [1.807, 2.05) is 43.7 Å². The number of hydrogen-bond donors (Lipinski definition) is 2. The molecule has 1 aliphatic rings. The van der Waals surface area contributed by atoms with Gasteiger partial charge < -0.3 is 15.8 Å². The number of nitrogen functional groups attached to an aromatic ring is 1. The number of ether oxygens (including phenoxy) is 1. The Morgan fingerprint density at radius 1 is 1.27 bits per heavy atom. The molecule has 0 saturated carbocycles. The summed E-state index contributed by atoms with van der Waals surface area (Å²) in [6.45, 7) is 6.59. The Balaban J connectivity index is 2.18. The Labute approximate surface area is 152 Å². The lowest BCUT2D eigenvalue weighted by atomic mass is 10.0. The van der Waals surface area contributed by atoms with E-state index in [4.69, 9.17) is 10.5 Å². The van der Waals surface area contributed by atoms with Crippen LogP contribution in [0.4, 0.5) is 5.82 Å². The van der Waals surface area contributed by atoms with E-state index >= 15 is 0 Å². The van der Waals surface area contributed by atoms with Crippen LogP contribution in [-0.2, 0) is 6.42 Å². The van der Waals surface area contributed by atoms with Gasteiger partial charge in [-0.1, -0.05) is 6.07 Å².